The minimum atomic E-state index is -0.371. The van der Waals surface area contributed by atoms with E-state index in [0.29, 0.717) is 42.4 Å². The monoisotopic (exact) mass is 454 g/mol. The molecule has 176 valence electrons. The first kappa shape index (κ1) is 25.6. The number of aromatic nitrogens is 2. The molecule has 0 radical (unpaired) electrons. The zero-order valence-electron chi connectivity index (χ0n) is 19.5. The molecule has 2 aromatic rings. The van der Waals surface area contributed by atoms with Gasteiger partial charge in [-0.1, -0.05) is 24.8 Å². The number of hydrogen-bond donors (Lipinski definition) is 3. The Balaban J connectivity index is 2.08. The van der Waals surface area contributed by atoms with Crippen LogP contribution >= 0.6 is 0 Å². The zero-order valence-corrected chi connectivity index (χ0v) is 19.5. The first-order valence-corrected chi connectivity index (χ1v) is 10.8. The molecule has 2 amide bonds. The fourth-order valence-corrected chi connectivity index (χ4v) is 2.74. The number of carbonyl (C=O) groups excluding carboxylic acids is 2. The van der Waals surface area contributed by atoms with E-state index in [2.05, 4.69) is 44.7 Å². The molecular formula is C24H31FN6O2. The summed E-state index contributed by atoms with van der Waals surface area (Å²) in [4.78, 5) is 32.5. The predicted octanol–water partition coefficient (Wildman–Crippen LogP) is 3.15. The van der Waals surface area contributed by atoms with Crippen molar-refractivity contribution in [2.75, 3.05) is 37.3 Å². The normalized spacial score (nSPS) is 10.6. The van der Waals surface area contributed by atoms with Gasteiger partial charge < -0.3 is 20.9 Å². The zero-order chi connectivity index (χ0) is 24.3. The van der Waals surface area contributed by atoms with Crippen molar-refractivity contribution in [3.05, 3.63) is 41.8 Å². The Labute approximate surface area is 194 Å². The average Bonchev–Trinajstić information content (AvgIpc) is 2.76. The Morgan fingerprint density at radius 3 is 2.79 bits per heavy atom. The van der Waals surface area contributed by atoms with Gasteiger partial charge in [0.25, 0.3) is 0 Å². The van der Waals surface area contributed by atoms with E-state index in [1.54, 1.807) is 25.4 Å². The summed E-state index contributed by atoms with van der Waals surface area (Å²) in [5.41, 5.74) is 0.834. The van der Waals surface area contributed by atoms with E-state index < -0.39 is 0 Å². The molecule has 1 aromatic carbocycles. The van der Waals surface area contributed by atoms with Gasteiger partial charge in [-0.3, -0.25) is 9.59 Å². The fraction of sp³-hybridized carbons (Fsp3) is 0.417. The van der Waals surface area contributed by atoms with Crippen LogP contribution in [-0.2, 0) is 9.59 Å². The number of carbonyl (C=O) groups is 2. The topological polar surface area (TPSA) is 99.2 Å². The summed E-state index contributed by atoms with van der Waals surface area (Å²) >= 11 is 0. The highest BCUT2D eigenvalue weighted by Gasteiger charge is 2.15. The molecule has 0 aliphatic carbocycles. The quantitative estimate of drug-likeness (QED) is 0.356. The van der Waals surface area contributed by atoms with E-state index in [0.717, 1.165) is 13.0 Å². The van der Waals surface area contributed by atoms with Crippen LogP contribution in [0.25, 0.3) is 0 Å². The minimum Gasteiger partial charge on any atom is -0.369 e. The van der Waals surface area contributed by atoms with Gasteiger partial charge >= 0.3 is 0 Å². The summed E-state index contributed by atoms with van der Waals surface area (Å²) in [7, 11) is 1.55. The van der Waals surface area contributed by atoms with Gasteiger partial charge in [-0.05, 0) is 44.9 Å². The molecule has 8 nitrogen and oxygen atoms in total. The van der Waals surface area contributed by atoms with Gasteiger partial charge in [0, 0.05) is 31.2 Å². The molecule has 0 fully saturated rings. The lowest BCUT2D eigenvalue weighted by Crippen LogP contribution is -2.36. The van der Waals surface area contributed by atoms with Gasteiger partial charge in [0.15, 0.2) is 0 Å². The van der Waals surface area contributed by atoms with E-state index in [9.17, 15) is 14.0 Å². The smallest absolute Gasteiger partial charge is 0.239 e. The van der Waals surface area contributed by atoms with Crippen molar-refractivity contribution in [3.63, 3.8) is 0 Å². The van der Waals surface area contributed by atoms with Crippen molar-refractivity contribution in [2.45, 2.75) is 33.6 Å². The number of halogens is 1. The third-order valence-electron chi connectivity index (χ3n) is 4.59. The molecule has 0 aliphatic rings. The van der Waals surface area contributed by atoms with Crippen LogP contribution in [0.5, 0.6) is 0 Å². The number of nitrogens with zero attached hydrogens (tertiary/aromatic N) is 3. The van der Waals surface area contributed by atoms with E-state index in [1.165, 1.54) is 17.0 Å². The highest BCUT2D eigenvalue weighted by molar-refractivity contribution is 5.79. The molecule has 2 rings (SSSR count). The molecular weight excluding hydrogens is 423 g/mol. The predicted molar refractivity (Wildman–Crippen MR) is 127 cm³/mol. The molecule has 33 heavy (non-hydrogen) atoms. The van der Waals surface area contributed by atoms with Crippen LogP contribution in [0.2, 0.25) is 0 Å². The van der Waals surface area contributed by atoms with Crippen molar-refractivity contribution in [3.8, 4) is 11.8 Å². The molecule has 0 atom stereocenters. The Morgan fingerprint density at radius 1 is 1.30 bits per heavy atom. The Hall–Kier alpha value is -3.67. The summed E-state index contributed by atoms with van der Waals surface area (Å²) in [6.45, 7) is 7.22. The van der Waals surface area contributed by atoms with Gasteiger partial charge in [-0.2, -0.15) is 4.98 Å². The number of rotatable bonds is 11. The standard InChI is InChI=1S/C24H31FN6O2/c1-5-12-27-22-18(15-28-23(30-22)29-20-8-6-7-19(25)14-20)9-10-24(2,3)11-13-26-21(33)16-31(4)17-32/h6-8,14-15,17H,5,11-13,16H2,1-4H3,(H,26,33)(H2,27,28,29,30). The maximum atomic E-state index is 13.4. The molecule has 1 heterocycles. The highest BCUT2D eigenvalue weighted by atomic mass is 19.1. The van der Waals surface area contributed by atoms with E-state index in [-0.39, 0.29) is 23.7 Å². The Bertz CT molecular complexity index is 1020. The molecule has 0 bridgehead atoms. The van der Waals surface area contributed by atoms with Crippen LogP contribution < -0.4 is 16.0 Å². The summed E-state index contributed by atoms with van der Waals surface area (Å²) in [6, 6.07) is 6.08. The van der Waals surface area contributed by atoms with Gasteiger partial charge in [-0.25, -0.2) is 9.37 Å². The number of likely N-dealkylation sites (N-methyl/N-ethyl adjacent to an activating group) is 1. The van der Waals surface area contributed by atoms with Crippen molar-refractivity contribution < 1.29 is 14.0 Å². The highest BCUT2D eigenvalue weighted by Crippen LogP contribution is 2.21. The lowest BCUT2D eigenvalue weighted by Gasteiger charge is -2.18. The molecule has 3 N–H and O–H groups in total. The molecule has 0 unspecified atom stereocenters. The molecule has 0 saturated heterocycles. The van der Waals surface area contributed by atoms with Crippen LogP contribution in [-0.4, -0.2) is 53.9 Å². The fourth-order valence-electron chi connectivity index (χ4n) is 2.74. The lowest BCUT2D eigenvalue weighted by molar-refractivity contribution is -0.127. The SMILES string of the molecule is CCCNc1nc(Nc2cccc(F)c2)ncc1C#CC(C)(C)CCNC(=O)CN(C)C=O. The number of benzene rings is 1. The van der Waals surface area contributed by atoms with Gasteiger partial charge in [0.05, 0.1) is 18.3 Å². The van der Waals surface area contributed by atoms with Crippen LogP contribution in [0, 0.1) is 23.1 Å². The van der Waals surface area contributed by atoms with Gasteiger partial charge in [-0.15, -0.1) is 0 Å². The van der Waals surface area contributed by atoms with Gasteiger partial charge in [0.1, 0.15) is 11.6 Å². The number of amides is 2. The van der Waals surface area contributed by atoms with Crippen molar-refractivity contribution in [1.29, 1.82) is 0 Å². The number of nitrogens with one attached hydrogen (secondary N) is 3. The first-order chi connectivity index (χ1) is 15.7. The maximum Gasteiger partial charge on any atom is 0.239 e. The second kappa shape index (κ2) is 12.4. The Kier molecular flexibility index (Phi) is 9.61. The second-order valence-electron chi connectivity index (χ2n) is 8.27. The summed E-state index contributed by atoms with van der Waals surface area (Å²) in [5.74, 6) is 6.76. The summed E-state index contributed by atoms with van der Waals surface area (Å²) in [5, 5.41) is 9.06. The molecule has 9 heteroatoms. The van der Waals surface area contributed by atoms with Crippen molar-refractivity contribution in [1.82, 2.24) is 20.2 Å². The second-order valence-corrected chi connectivity index (χ2v) is 8.27. The third-order valence-corrected chi connectivity index (χ3v) is 4.59. The molecule has 1 aromatic heterocycles. The van der Waals surface area contributed by atoms with Gasteiger partial charge in [0.2, 0.25) is 18.3 Å². The summed E-state index contributed by atoms with van der Waals surface area (Å²) < 4.78 is 13.4. The van der Waals surface area contributed by atoms with Crippen LogP contribution in [0.15, 0.2) is 30.5 Å². The van der Waals surface area contributed by atoms with Crippen LogP contribution in [0.4, 0.5) is 21.8 Å². The number of hydrogen-bond acceptors (Lipinski definition) is 6. The lowest BCUT2D eigenvalue weighted by atomic mass is 9.90. The van der Waals surface area contributed by atoms with E-state index in [4.69, 9.17) is 0 Å². The first-order valence-electron chi connectivity index (χ1n) is 10.8. The molecule has 0 spiro atoms. The number of anilines is 3. The van der Waals surface area contributed by atoms with Crippen molar-refractivity contribution in [2.24, 2.45) is 5.41 Å². The van der Waals surface area contributed by atoms with E-state index in [1.807, 2.05) is 13.8 Å². The van der Waals surface area contributed by atoms with Crippen LogP contribution in [0.1, 0.15) is 39.2 Å². The minimum absolute atomic E-state index is 0.0232. The van der Waals surface area contributed by atoms with Crippen LogP contribution in [0.3, 0.4) is 0 Å². The third kappa shape index (κ3) is 9.15. The largest absolute Gasteiger partial charge is 0.369 e. The maximum absolute atomic E-state index is 13.4. The Morgan fingerprint density at radius 2 is 2.09 bits per heavy atom. The van der Waals surface area contributed by atoms with E-state index >= 15 is 0 Å². The molecule has 0 aliphatic heterocycles. The average molecular weight is 455 g/mol. The van der Waals surface area contributed by atoms with Crippen molar-refractivity contribution >= 4 is 29.8 Å². The molecule has 0 saturated carbocycles. The summed E-state index contributed by atoms with van der Waals surface area (Å²) in [6.07, 6.45) is 3.79.